The van der Waals surface area contributed by atoms with E-state index in [0.717, 1.165) is 19.3 Å². The van der Waals surface area contributed by atoms with Crippen LogP contribution in [0.3, 0.4) is 0 Å². The lowest BCUT2D eigenvalue weighted by molar-refractivity contribution is -0.385. The Kier molecular flexibility index (Phi) is 3.78. The summed E-state index contributed by atoms with van der Waals surface area (Å²) in [5.41, 5.74) is 0.0693. The third kappa shape index (κ3) is 2.81. The van der Waals surface area contributed by atoms with Gasteiger partial charge in [0.2, 0.25) is 0 Å². The number of hydrogen-bond donors (Lipinski definition) is 2. The van der Waals surface area contributed by atoms with Crippen molar-refractivity contribution in [2.24, 2.45) is 0 Å². The van der Waals surface area contributed by atoms with Gasteiger partial charge in [-0.2, -0.15) is 0 Å². The Morgan fingerprint density at radius 3 is 2.70 bits per heavy atom. The molecule has 2 N–H and O–H groups in total. The Labute approximate surface area is 115 Å². The van der Waals surface area contributed by atoms with Gasteiger partial charge in [-0.15, -0.1) is 0 Å². The SMILES string of the molecule is COc1cc(NC2(CC(=O)O)CCC2)ccc1[N+](=O)[O-]. The van der Waals surface area contributed by atoms with E-state index in [2.05, 4.69) is 5.32 Å². The number of anilines is 1. The minimum absolute atomic E-state index is 0.0340. The number of carbonyl (C=O) groups is 1. The van der Waals surface area contributed by atoms with Crippen molar-refractivity contribution in [2.75, 3.05) is 12.4 Å². The number of nitrogens with one attached hydrogen (secondary N) is 1. The Hall–Kier alpha value is -2.31. The van der Waals surface area contributed by atoms with Crippen LogP contribution < -0.4 is 10.1 Å². The molecule has 1 saturated carbocycles. The number of rotatable bonds is 6. The third-order valence-corrected chi connectivity index (χ3v) is 3.59. The summed E-state index contributed by atoms with van der Waals surface area (Å²) < 4.78 is 5.00. The molecule has 0 heterocycles. The first-order valence-corrected chi connectivity index (χ1v) is 6.28. The lowest BCUT2D eigenvalue weighted by atomic mass is 9.74. The van der Waals surface area contributed by atoms with Gasteiger partial charge in [0.15, 0.2) is 5.75 Å². The van der Waals surface area contributed by atoms with Crippen LogP contribution in [0.4, 0.5) is 11.4 Å². The number of methoxy groups -OCH3 is 1. The molecule has 0 atom stereocenters. The molecule has 0 radical (unpaired) electrons. The molecule has 1 aliphatic carbocycles. The number of carboxylic acids is 1. The molecule has 7 nitrogen and oxygen atoms in total. The molecule has 0 saturated heterocycles. The fourth-order valence-electron chi connectivity index (χ4n) is 2.45. The molecule has 1 aromatic carbocycles. The van der Waals surface area contributed by atoms with E-state index in [9.17, 15) is 14.9 Å². The summed E-state index contributed by atoms with van der Waals surface area (Å²) in [4.78, 5) is 21.2. The average Bonchev–Trinajstić information content (AvgIpc) is 2.35. The molecule has 1 aromatic rings. The number of carboxylic acid groups (broad SMARTS) is 1. The van der Waals surface area contributed by atoms with E-state index in [4.69, 9.17) is 9.84 Å². The zero-order chi connectivity index (χ0) is 14.8. The van der Waals surface area contributed by atoms with Gasteiger partial charge >= 0.3 is 11.7 Å². The number of hydrogen-bond acceptors (Lipinski definition) is 5. The maximum absolute atomic E-state index is 10.9. The second-order valence-electron chi connectivity index (χ2n) is 4.97. The topological polar surface area (TPSA) is 102 Å². The molecule has 0 bridgehead atoms. The predicted octanol–water partition coefficient (Wildman–Crippen LogP) is 2.41. The average molecular weight is 280 g/mol. The van der Waals surface area contributed by atoms with Crippen molar-refractivity contribution in [2.45, 2.75) is 31.2 Å². The summed E-state index contributed by atoms with van der Waals surface area (Å²) in [6.07, 6.45) is 2.56. The quantitative estimate of drug-likeness (QED) is 0.613. The highest BCUT2D eigenvalue weighted by atomic mass is 16.6. The number of ether oxygens (including phenoxy) is 1. The molecule has 0 spiro atoms. The van der Waals surface area contributed by atoms with E-state index in [1.165, 1.54) is 19.2 Å². The monoisotopic (exact) mass is 280 g/mol. The van der Waals surface area contributed by atoms with Crippen LogP contribution >= 0.6 is 0 Å². The molecular weight excluding hydrogens is 264 g/mol. The van der Waals surface area contributed by atoms with Crippen LogP contribution in [0.5, 0.6) is 5.75 Å². The van der Waals surface area contributed by atoms with Crippen molar-refractivity contribution >= 4 is 17.3 Å². The summed E-state index contributed by atoms with van der Waals surface area (Å²) in [7, 11) is 1.36. The highest BCUT2D eigenvalue weighted by molar-refractivity contribution is 5.70. The standard InChI is InChI=1S/C13H16N2O5/c1-20-11-7-9(3-4-10(11)15(18)19)14-13(5-2-6-13)8-12(16)17/h3-4,7,14H,2,5-6,8H2,1H3,(H,16,17). The van der Waals surface area contributed by atoms with E-state index in [1.54, 1.807) is 6.07 Å². The third-order valence-electron chi connectivity index (χ3n) is 3.59. The van der Waals surface area contributed by atoms with Crippen molar-refractivity contribution in [1.82, 2.24) is 0 Å². The van der Waals surface area contributed by atoms with Crippen LogP contribution in [0.15, 0.2) is 18.2 Å². The number of nitro groups is 1. The summed E-state index contributed by atoms with van der Waals surface area (Å²) >= 11 is 0. The summed E-state index contributed by atoms with van der Waals surface area (Å²) in [6.45, 7) is 0. The minimum atomic E-state index is -0.855. The van der Waals surface area contributed by atoms with Gasteiger partial charge in [0, 0.05) is 23.4 Å². The largest absolute Gasteiger partial charge is 0.490 e. The van der Waals surface area contributed by atoms with E-state index in [-0.39, 0.29) is 17.9 Å². The maximum Gasteiger partial charge on any atom is 0.311 e. The summed E-state index contributed by atoms with van der Waals surface area (Å²) in [6, 6.07) is 4.46. The predicted molar refractivity (Wildman–Crippen MR) is 72.1 cm³/mol. The van der Waals surface area contributed by atoms with E-state index in [1.807, 2.05) is 0 Å². The molecule has 0 unspecified atom stereocenters. The Morgan fingerprint density at radius 1 is 1.55 bits per heavy atom. The molecule has 1 aliphatic rings. The highest BCUT2D eigenvalue weighted by Crippen LogP contribution is 2.39. The second-order valence-corrected chi connectivity index (χ2v) is 4.97. The fraction of sp³-hybridized carbons (Fsp3) is 0.462. The van der Waals surface area contributed by atoms with Crippen LogP contribution in [-0.4, -0.2) is 28.6 Å². The van der Waals surface area contributed by atoms with Crippen molar-refractivity contribution in [3.8, 4) is 5.75 Å². The summed E-state index contributed by atoms with van der Waals surface area (Å²) in [5, 5.41) is 23.0. The van der Waals surface area contributed by atoms with E-state index < -0.39 is 16.4 Å². The minimum Gasteiger partial charge on any atom is -0.490 e. The smallest absolute Gasteiger partial charge is 0.311 e. The molecule has 108 valence electrons. The van der Waals surface area contributed by atoms with E-state index >= 15 is 0 Å². The first-order valence-electron chi connectivity index (χ1n) is 6.28. The van der Waals surface area contributed by atoms with Gasteiger partial charge in [-0.25, -0.2) is 0 Å². The molecular formula is C13H16N2O5. The van der Waals surface area contributed by atoms with Crippen LogP contribution in [0.2, 0.25) is 0 Å². The van der Waals surface area contributed by atoms with Crippen LogP contribution in [0.1, 0.15) is 25.7 Å². The molecule has 0 aromatic heterocycles. The zero-order valence-electron chi connectivity index (χ0n) is 11.1. The van der Waals surface area contributed by atoms with Gasteiger partial charge in [0.1, 0.15) is 0 Å². The fourth-order valence-corrected chi connectivity index (χ4v) is 2.45. The Bertz CT molecular complexity index is 540. The number of benzene rings is 1. The Balaban J connectivity index is 2.21. The van der Waals surface area contributed by atoms with Crippen molar-refractivity contribution in [3.05, 3.63) is 28.3 Å². The molecule has 2 rings (SSSR count). The van der Waals surface area contributed by atoms with Gasteiger partial charge < -0.3 is 15.2 Å². The number of nitrogens with zero attached hydrogens (tertiary/aromatic N) is 1. The molecule has 0 aliphatic heterocycles. The van der Waals surface area contributed by atoms with Gasteiger partial charge in [-0.1, -0.05) is 0 Å². The van der Waals surface area contributed by atoms with Gasteiger partial charge in [-0.3, -0.25) is 14.9 Å². The molecule has 20 heavy (non-hydrogen) atoms. The van der Waals surface area contributed by atoms with Crippen LogP contribution in [0.25, 0.3) is 0 Å². The van der Waals surface area contributed by atoms with Crippen LogP contribution in [-0.2, 0) is 4.79 Å². The lowest BCUT2D eigenvalue weighted by Crippen LogP contribution is -2.46. The zero-order valence-corrected chi connectivity index (χ0v) is 11.1. The normalized spacial score (nSPS) is 16.1. The van der Waals surface area contributed by atoms with Crippen LogP contribution in [0, 0.1) is 10.1 Å². The van der Waals surface area contributed by atoms with Crippen molar-refractivity contribution < 1.29 is 19.6 Å². The number of aliphatic carboxylic acids is 1. The number of nitro benzene ring substituents is 1. The molecule has 7 heteroatoms. The van der Waals surface area contributed by atoms with E-state index in [0.29, 0.717) is 5.69 Å². The lowest BCUT2D eigenvalue weighted by Gasteiger charge is -2.42. The first kappa shape index (κ1) is 14.1. The maximum atomic E-state index is 10.9. The first-order chi connectivity index (χ1) is 9.46. The van der Waals surface area contributed by atoms with Gasteiger partial charge in [0.05, 0.1) is 18.5 Å². The van der Waals surface area contributed by atoms with Crippen molar-refractivity contribution in [1.29, 1.82) is 0 Å². The molecule has 1 fully saturated rings. The molecule has 0 amide bonds. The van der Waals surface area contributed by atoms with Gasteiger partial charge in [-0.05, 0) is 25.3 Å². The summed E-state index contributed by atoms with van der Waals surface area (Å²) in [5.74, 6) is -0.698. The highest BCUT2D eigenvalue weighted by Gasteiger charge is 2.39. The van der Waals surface area contributed by atoms with Crippen molar-refractivity contribution in [3.63, 3.8) is 0 Å². The van der Waals surface area contributed by atoms with Gasteiger partial charge in [0.25, 0.3) is 0 Å². The Morgan fingerprint density at radius 2 is 2.25 bits per heavy atom. The second kappa shape index (κ2) is 5.36.